The van der Waals surface area contributed by atoms with Crippen LogP contribution in [0.15, 0.2) is 30.6 Å². The number of aromatic nitrogens is 2. The average molecular weight is 285 g/mol. The van der Waals surface area contributed by atoms with Crippen molar-refractivity contribution in [2.24, 2.45) is 0 Å². The number of phenolic OH excluding ortho intramolecular Hbond substituents is 1. The third-order valence-electron chi connectivity index (χ3n) is 4.42. The molecule has 1 aromatic heterocycles. The molecule has 1 aliphatic rings. The Balaban J connectivity index is 1.78. The standard InChI is InChI=1S/C17H23N3O/c1-11-5-6-15(21)17-14(9-12(2)16(11)17)19-13(3)10-20-8-4-7-18-20/h4-8,12-14,19,21H,9-10H2,1-3H3. The van der Waals surface area contributed by atoms with Crippen LogP contribution in [-0.4, -0.2) is 20.9 Å². The normalized spacial score (nSPS) is 22.2. The maximum absolute atomic E-state index is 10.3. The van der Waals surface area contributed by atoms with Crippen LogP contribution in [0, 0.1) is 6.92 Å². The summed E-state index contributed by atoms with van der Waals surface area (Å²) in [5.41, 5.74) is 3.69. The van der Waals surface area contributed by atoms with Gasteiger partial charge in [-0.05, 0) is 49.4 Å². The van der Waals surface area contributed by atoms with Gasteiger partial charge in [0.25, 0.3) is 0 Å². The van der Waals surface area contributed by atoms with E-state index in [1.54, 1.807) is 6.20 Å². The van der Waals surface area contributed by atoms with Crippen LogP contribution in [0.1, 0.15) is 48.9 Å². The van der Waals surface area contributed by atoms with Crippen LogP contribution in [0.3, 0.4) is 0 Å². The van der Waals surface area contributed by atoms with Crippen LogP contribution in [0.25, 0.3) is 0 Å². The predicted molar refractivity (Wildman–Crippen MR) is 83.4 cm³/mol. The second-order valence-electron chi connectivity index (χ2n) is 6.21. The first kappa shape index (κ1) is 14.1. The number of hydrogen-bond donors (Lipinski definition) is 2. The first-order valence-corrected chi connectivity index (χ1v) is 7.62. The Morgan fingerprint density at radius 1 is 1.43 bits per heavy atom. The maximum Gasteiger partial charge on any atom is 0.120 e. The fourth-order valence-corrected chi connectivity index (χ4v) is 3.58. The number of rotatable bonds is 4. The fourth-order valence-electron chi connectivity index (χ4n) is 3.58. The van der Waals surface area contributed by atoms with Crippen molar-refractivity contribution in [2.75, 3.05) is 0 Å². The number of benzene rings is 1. The number of hydrogen-bond acceptors (Lipinski definition) is 3. The van der Waals surface area contributed by atoms with E-state index in [1.807, 2.05) is 29.1 Å². The van der Waals surface area contributed by atoms with Gasteiger partial charge in [-0.1, -0.05) is 13.0 Å². The lowest BCUT2D eigenvalue weighted by molar-refractivity contribution is 0.381. The monoisotopic (exact) mass is 285 g/mol. The van der Waals surface area contributed by atoms with Gasteiger partial charge in [-0.2, -0.15) is 5.10 Å². The summed E-state index contributed by atoms with van der Waals surface area (Å²) in [4.78, 5) is 0. The van der Waals surface area contributed by atoms with Gasteiger partial charge < -0.3 is 10.4 Å². The fraction of sp³-hybridized carbons (Fsp3) is 0.471. The molecule has 0 bridgehead atoms. The molecule has 4 heteroatoms. The van der Waals surface area contributed by atoms with E-state index in [-0.39, 0.29) is 6.04 Å². The minimum atomic E-state index is 0.223. The first-order valence-electron chi connectivity index (χ1n) is 7.62. The number of fused-ring (bicyclic) bond motifs is 1. The van der Waals surface area contributed by atoms with Crippen molar-refractivity contribution in [2.45, 2.75) is 51.7 Å². The smallest absolute Gasteiger partial charge is 0.120 e. The Hall–Kier alpha value is -1.81. The lowest BCUT2D eigenvalue weighted by atomic mass is 9.97. The average Bonchev–Trinajstić information content (AvgIpc) is 3.03. The van der Waals surface area contributed by atoms with Crippen LogP contribution in [0.5, 0.6) is 5.75 Å². The summed E-state index contributed by atoms with van der Waals surface area (Å²) in [6, 6.07) is 6.29. The largest absolute Gasteiger partial charge is 0.508 e. The zero-order chi connectivity index (χ0) is 15.0. The highest BCUT2D eigenvalue weighted by molar-refractivity contribution is 5.50. The van der Waals surface area contributed by atoms with Crippen molar-refractivity contribution < 1.29 is 5.11 Å². The van der Waals surface area contributed by atoms with E-state index < -0.39 is 0 Å². The molecule has 3 atom stereocenters. The Kier molecular flexibility index (Phi) is 3.72. The third kappa shape index (κ3) is 2.68. The second kappa shape index (κ2) is 5.53. The van der Waals surface area contributed by atoms with Crippen LogP contribution in [0.4, 0.5) is 0 Å². The van der Waals surface area contributed by atoms with Gasteiger partial charge in [0.05, 0.1) is 6.54 Å². The Morgan fingerprint density at radius 2 is 2.24 bits per heavy atom. The van der Waals surface area contributed by atoms with E-state index in [4.69, 9.17) is 0 Å². The molecule has 3 unspecified atom stereocenters. The van der Waals surface area contributed by atoms with Crippen molar-refractivity contribution in [1.29, 1.82) is 0 Å². The van der Waals surface area contributed by atoms with Crippen molar-refractivity contribution in [3.63, 3.8) is 0 Å². The van der Waals surface area contributed by atoms with Gasteiger partial charge in [0.1, 0.15) is 5.75 Å². The SMILES string of the molecule is Cc1ccc(O)c2c1C(C)CC2NC(C)Cn1cccn1. The highest BCUT2D eigenvalue weighted by Gasteiger charge is 2.32. The van der Waals surface area contributed by atoms with Crippen LogP contribution in [-0.2, 0) is 6.54 Å². The molecule has 1 aliphatic carbocycles. The molecule has 0 amide bonds. The summed E-state index contributed by atoms with van der Waals surface area (Å²) in [7, 11) is 0. The maximum atomic E-state index is 10.3. The van der Waals surface area contributed by atoms with Crippen molar-refractivity contribution in [1.82, 2.24) is 15.1 Å². The van der Waals surface area contributed by atoms with Crippen LogP contribution in [0.2, 0.25) is 0 Å². The van der Waals surface area contributed by atoms with Crippen LogP contribution < -0.4 is 5.32 Å². The molecule has 0 fully saturated rings. The summed E-state index contributed by atoms with van der Waals surface area (Å²) in [6.07, 6.45) is 4.82. The molecule has 2 aromatic rings. The zero-order valence-electron chi connectivity index (χ0n) is 12.9. The molecule has 0 spiro atoms. The summed E-state index contributed by atoms with van der Waals surface area (Å²) in [6.45, 7) is 7.37. The number of phenols is 1. The highest BCUT2D eigenvalue weighted by atomic mass is 16.3. The summed E-state index contributed by atoms with van der Waals surface area (Å²) in [5, 5.41) is 18.2. The van der Waals surface area contributed by atoms with E-state index in [2.05, 4.69) is 31.2 Å². The Bertz CT molecular complexity index is 621. The molecule has 21 heavy (non-hydrogen) atoms. The quantitative estimate of drug-likeness (QED) is 0.907. The molecule has 1 aromatic carbocycles. The Labute approximate surface area is 125 Å². The lowest BCUT2D eigenvalue weighted by Crippen LogP contribution is -2.33. The molecule has 4 nitrogen and oxygen atoms in total. The van der Waals surface area contributed by atoms with E-state index in [9.17, 15) is 5.11 Å². The summed E-state index contributed by atoms with van der Waals surface area (Å²) >= 11 is 0. The molecule has 0 aliphatic heterocycles. The predicted octanol–water partition coefficient (Wildman–Crippen LogP) is 3.12. The van der Waals surface area contributed by atoms with Crippen LogP contribution >= 0.6 is 0 Å². The van der Waals surface area contributed by atoms with Gasteiger partial charge >= 0.3 is 0 Å². The summed E-state index contributed by atoms with van der Waals surface area (Å²) in [5.74, 6) is 0.908. The molecular formula is C17H23N3O. The number of nitrogens with one attached hydrogen (secondary N) is 1. The van der Waals surface area contributed by atoms with Gasteiger partial charge in [0.15, 0.2) is 0 Å². The zero-order valence-corrected chi connectivity index (χ0v) is 12.9. The Morgan fingerprint density at radius 3 is 2.95 bits per heavy atom. The highest BCUT2D eigenvalue weighted by Crippen LogP contribution is 2.46. The van der Waals surface area contributed by atoms with Crippen molar-refractivity contribution >= 4 is 0 Å². The van der Waals surface area contributed by atoms with Crippen molar-refractivity contribution in [3.05, 3.63) is 47.3 Å². The number of aryl methyl sites for hydroxylation is 1. The van der Waals surface area contributed by atoms with Gasteiger partial charge in [-0.3, -0.25) is 4.68 Å². The van der Waals surface area contributed by atoms with E-state index in [0.717, 1.165) is 18.5 Å². The lowest BCUT2D eigenvalue weighted by Gasteiger charge is -2.21. The minimum Gasteiger partial charge on any atom is -0.508 e. The van der Waals surface area contributed by atoms with E-state index >= 15 is 0 Å². The van der Waals surface area contributed by atoms with E-state index in [0.29, 0.717) is 17.7 Å². The summed E-state index contributed by atoms with van der Waals surface area (Å²) < 4.78 is 1.94. The third-order valence-corrected chi connectivity index (χ3v) is 4.42. The molecule has 2 N–H and O–H groups in total. The van der Waals surface area contributed by atoms with E-state index in [1.165, 1.54) is 11.1 Å². The van der Waals surface area contributed by atoms with Crippen molar-refractivity contribution in [3.8, 4) is 5.75 Å². The van der Waals surface area contributed by atoms with Gasteiger partial charge in [0, 0.05) is 30.0 Å². The molecule has 0 saturated carbocycles. The molecule has 112 valence electrons. The second-order valence-corrected chi connectivity index (χ2v) is 6.21. The van der Waals surface area contributed by atoms with Gasteiger partial charge in [-0.25, -0.2) is 0 Å². The number of aromatic hydroxyl groups is 1. The molecule has 0 radical (unpaired) electrons. The molecular weight excluding hydrogens is 262 g/mol. The first-order chi connectivity index (χ1) is 10.1. The van der Waals surface area contributed by atoms with Gasteiger partial charge in [-0.15, -0.1) is 0 Å². The molecule has 3 rings (SSSR count). The minimum absolute atomic E-state index is 0.223. The molecule has 1 heterocycles. The molecule has 0 saturated heterocycles. The van der Waals surface area contributed by atoms with Gasteiger partial charge in [0.2, 0.25) is 0 Å². The number of nitrogens with zero attached hydrogens (tertiary/aromatic N) is 2. The topological polar surface area (TPSA) is 50.1 Å².